The minimum atomic E-state index is -0.877. The molecule has 1 atom stereocenters. The molecule has 0 bridgehead atoms. The molecular formula is C16H25NO2S. The Hall–Kier alpha value is -1.00. The third-order valence-corrected chi connectivity index (χ3v) is 4.43. The normalized spacial score (nSPS) is 13.8. The number of aryl methyl sites for hydroxylation is 2. The van der Waals surface area contributed by atoms with Crippen LogP contribution < -0.4 is 5.73 Å². The van der Waals surface area contributed by atoms with E-state index in [1.54, 1.807) is 13.8 Å². The minimum Gasteiger partial charge on any atom is -0.465 e. The Labute approximate surface area is 126 Å². The smallest absolute Gasteiger partial charge is 0.325 e. The number of rotatable bonds is 7. The summed E-state index contributed by atoms with van der Waals surface area (Å²) in [6.45, 7) is 8.13. The predicted octanol–water partition coefficient (Wildman–Crippen LogP) is 3.46. The third-order valence-electron chi connectivity index (χ3n) is 3.18. The van der Waals surface area contributed by atoms with Gasteiger partial charge in [0.2, 0.25) is 0 Å². The Balaban J connectivity index is 2.41. The SMILES string of the molecule is CCOC(=O)C(C)(N)CCCSc1cc(C)ccc1C. The molecule has 1 unspecified atom stereocenters. The molecule has 1 aromatic carbocycles. The van der Waals surface area contributed by atoms with Crippen LogP contribution in [0.3, 0.4) is 0 Å². The van der Waals surface area contributed by atoms with Crippen molar-refractivity contribution < 1.29 is 9.53 Å². The van der Waals surface area contributed by atoms with Crippen LogP contribution in [0.4, 0.5) is 0 Å². The van der Waals surface area contributed by atoms with Crippen LogP contribution in [0.5, 0.6) is 0 Å². The van der Waals surface area contributed by atoms with Gasteiger partial charge in [0.1, 0.15) is 5.54 Å². The molecule has 1 rings (SSSR count). The first kappa shape index (κ1) is 17.1. The van der Waals surface area contributed by atoms with E-state index in [1.165, 1.54) is 16.0 Å². The minimum absolute atomic E-state index is 0.309. The molecule has 0 aromatic heterocycles. The molecule has 0 saturated carbocycles. The van der Waals surface area contributed by atoms with Crippen LogP contribution in [-0.4, -0.2) is 23.9 Å². The fourth-order valence-corrected chi connectivity index (χ4v) is 2.96. The molecule has 0 aliphatic carbocycles. The van der Waals surface area contributed by atoms with E-state index in [9.17, 15) is 4.79 Å². The van der Waals surface area contributed by atoms with Gasteiger partial charge in [-0.05, 0) is 57.9 Å². The van der Waals surface area contributed by atoms with Crippen molar-refractivity contribution >= 4 is 17.7 Å². The van der Waals surface area contributed by atoms with Crippen molar-refractivity contribution in [1.82, 2.24) is 0 Å². The predicted molar refractivity (Wildman–Crippen MR) is 85.1 cm³/mol. The van der Waals surface area contributed by atoms with E-state index in [-0.39, 0.29) is 5.97 Å². The zero-order chi connectivity index (χ0) is 15.2. The van der Waals surface area contributed by atoms with E-state index in [1.807, 2.05) is 11.8 Å². The summed E-state index contributed by atoms with van der Waals surface area (Å²) in [6.07, 6.45) is 1.54. The van der Waals surface area contributed by atoms with E-state index in [4.69, 9.17) is 10.5 Å². The Morgan fingerprint density at radius 3 is 2.75 bits per heavy atom. The van der Waals surface area contributed by atoms with Gasteiger partial charge >= 0.3 is 5.97 Å². The molecule has 0 fully saturated rings. The fourth-order valence-electron chi connectivity index (χ4n) is 1.88. The lowest BCUT2D eigenvalue weighted by Gasteiger charge is -2.21. The summed E-state index contributed by atoms with van der Waals surface area (Å²) in [4.78, 5) is 13.0. The van der Waals surface area contributed by atoms with E-state index < -0.39 is 5.54 Å². The summed E-state index contributed by atoms with van der Waals surface area (Å²) < 4.78 is 4.99. The van der Waals surface area contributed by atoms with Crippen LogP contribution in [0.25, 0.3) is 0 Å². The number of benzene rings is 1. The molecule has 4 heteroatoms. The van der Waals surface area contributed by atoms with E-state index >= 15 is 0 Å². The maximum atomic E-state index is 11.7. The third kappa shape index (κ3) is 5.17. The summed E-state index contributed by atoms with van der Waals surface area (Å²) in [5.74, 6) is 0.646. The number of esters is 1. The van der Waals surface area contributed by atoms with Gasteiger partial charge < -0.3 is 10.5 Å². The standard InChI is InChI=1S/C16H25NO2S/c1-5-19-15(18)16(4,17)9-6-10-20-14-11-12(2)7-8-13(14)3/h7-8,11H,5-6,9-10,17H2,1-4H3. The Bertz CT molecular complexity index is 458. The molecule has 0 saturated heterocycles. The van der Waals surface area contributed by atoms with Crippen molar-refractivity contribution in [3.05, 3.63) is 29.3 Å². The fraction of sp³-hybridized carbons (Fsp3) is 0.562. The molecule has 1 aromatic rings. The van der Waals surface area contributed by atoms with Gasteiger partial charge in [0, 0.05) is 4.90 Å². The van der Waals surface area contributed by atoms with Crippen molar-refractivity contribution in [2.45, 2.75) is 51.0 Å². The van der Waals surface area contributed by atoms with Gasteiger partial charge in [0.15, 0.2) is 0 Å². The van der Waals surface area contributed by atoms with Crippen molar-refractivity contribution in [1.29, 1.82) is 0 Å². The van der Waals surface area contributed by atoms with Crippen LogP contribution in [0, 0.1) is 13.8 Å². The molecule has 112 valence electrons. The van der Waals surface area contributed by atoms with Crippen LogP contribution in [0.2, 0.25) is 0 Å². The summed E-state index contributed by atoms with van der Waals surface area (Å²) in [6, 6.07) is 6.47. The largest absolute Gasteiger partial charge is 0.465 e. The van der Waals surface area contributed by atoms with Crippen LogP contribution in [0.1, 0.15) is 37.8 Å². The van der Waals surface area contributed by atoms with Gasteiger partial charge in [0.25, 0.3) is 0 Å². The number of carbonyl (C=O) groups is 1. The number of nitrogens with two attached hydrogens (primary N) is 1. The number of hydrogen-bond donors (Lipinski definition) is 1. The van der Waals surface area contributed by atoms with Crippen molar-refractivity contribution in [2.24, 2.45) is 5.73 Å². The second kappa shape index (κ2) is 7.70. The molecule has 0 heterocycles. The first-order valence-corrected chi connectivity index (χ1v) is 8.01. The quantitative estimate of drug-likeness (QED) is 0.475. The summed E-state index contributed by atoms with van der Waals surface area (Å²) in [5, 5.41) is 0. The van der Waals surface area contributed by atoms with E-state index in [0.29, 0.717) is 13.0 Å². The first-order valence-electron chi connectivity index (χ1n) is 7.03. The molecule has 20 heavy (non-hydrogen) atoms. The zero-order valence-electron chi connectivity index (χ0n) is 12.9. The monoisotopic (exact) mass is 295 g/mol. The maximum Gasteiger partial charge on any atom is 0.325 e. The van der Waals surface area contributed by atoms with Gasteiger partial charge in [0.05, 0.1) is 6.61 Å². The molecule has 2 N–H and O–H groups in total. The molecule has 0 spiro atoms. The number of carbonyl (C=O) groups excluding carboxylic acids is 1. The van der Waals surface area contributed by atoms with Crippen molar-refractivity contribution in [3.63, 3.8) is 0 Å². The lowest BCUT2D eigenvalue weighted by molar-refractivity contribution is -0.149. The Kier molecular flexibility index (Phi) is 6.56. The second-order valence-corrected chi connectivity index (χ2v) is 6.50. The van der Waals surface area contributed by atoms with E-state index in [2.05, 4.69) is 32.0 Å². The number of ether oxygens (including phenoxy) is 1. The van der Waals surface area contributed by atoms with Crippen LogP contribution >= 0.6 is 11.8 Å². The first-order chi connectivity index (χ1) is 9.36. The van der Waals surface area contributed by atoms with Crippen molar-refractivity contribution in [2.75, 3.05) is 12.4 Å². The zero-order valence-corrected chi connectivity index (χ0v) is 13.7. The molecule has 0 amide bonds. The summed E-state index contributed by atoms with van der Waals surface area (Å²) in [7, 11) is 0. The van der Waals surface area contributed by atoms with Crippen LogP contribution in [-0.2, 0) is 9.53 Å². The van der Waals surface area contributed by atoms with Crippen molar-refractivity contribution in [3.8, 4) is 0 Å². The second-order valence-electron chi connectivity index (χ2n) is 5.36. The van der Waals surface area contributed by atoms with Gasteiger partial charge in [-0.2, -0.15) is 0 Å². The molecular weight excluding hydrogens is 270 g/mol. The summed E-state index contributed by atoms with van der Waals surface area (Å²) >= 11 is 1.82. The molecule has 0 radical (unpaired) electrons. The summed E-state index contributed by atoms with van der Waals surface area (Å²) in [5.41, 5.74) is 7.68. The molecule has 3 nitrogen and oxygen atoms in total. The average Bonchev–Trinajstić information content (AvgIpc) is 2.39. The van der Waals surface area contributed by atoms with Gasteiger partial charge in [-0.1, -0.05) is 17.7 Å². The Morgan fingerprint density at radius 2 is 2.10 bits per heavy atom. The van der Waals surface area contributed by atoms with Gasteiger partial charge in [-0.3, -0.25) is 4.79 Å². The highest BCUT2D eigenvalue weighted by Crippen LogP contribution is 2.25. The van der Waals surface area contributed by atoms with Crippen LogP contribution in [0.15, 0.2) is 23.1 Å². The van der Waals surface area contributed by atoms with Gasteiger partial charge in [-0.25, -0.2) is 0 Å². The lowest BCUT2D eigenvalue weighted by atomic mass is 9.98. The molecule has 0 aliphatic rings. The highest BCUT2D eigenvalue weighted by molar-refractivity contribution is 7.99. The number of thioether (sulfide) groups is 1. The Morgan fingerprint density at radius 1 is 1.40 bits per heavy atom. The maximum absolute atomic E-state index is 11.7. The lowest BCUT2D eigenvalue weighted by Crippen LogP contribution is -2.46. The molecule has 0 aliphatic heterocycles. The highest BCUT2D eigenvalue weighted by atomic mass is 32.2. The highest BCUT2D eigenvalue weighted by Gasteiger charge is 2.29. The average molecular weight is 295 g/mol. The van der Waals surface area contributed by atoms with Gasteiger partial charge in [-0.15, -0.1) is 11.8 Å². The number of hydrogen-bond acceptors (Lipinski definition) is 4. The van der Waals surface area contributed by atoms with E-state index in [0.717, 1.165) is 12.2 Å². The topological polar surface area (TPSA) is 52.3 Å².